The van der Waals surface area contributed by atoms with Crippen LogP contribution in [0.1, 0.15) is 24.6 Å². The van der Waals surface area contributed by atoms with Gasteiger partial charge in [-0.05, 0) is 31.5 Å². The van der Waals surface area contributed by atoms with Gasteiger partial charge in [0.1, 0.15) is 11.3 Å². The molecule has 4 heteroatoms. The SMILES string of the molecule is C=CCn1c(C2CCCNC2)nc2cccnc21. The Labute approximate surface area is 107 Å². The molecule has 1 N–H and O–H groups in total. The molecule has 0 amide bonds. The lowest BCUT2D eigenvalue weighted by Gasteiger charge is -2.22. The minimum atomic E-state index is 0.493. The number of hydrogen-bond donors (Lipinski definition) is 1. The van der Waals surface area contributed by atoms with Crippen LogP contribution in [0.2, 0.25) is 0 Å². The minimum absolute atomic E-state index is 0.493. The van der Waals surface area contributed by atoms with E-state index in [1.807, 2.05) is 24.4 Å². The molecule has 3 rings (SSSR count). The highest BCUT2D eigenvalue weighted by Gasteiger charge is 2.22. The van der Waals surface area contributed by atoms with E-state index < -0.39 is 0 Å². The third kappa shape index (κ3) is 1.93. The van der Waals surface area contributed by atoms with Crippen molar-refractivity contribution in [3.05, 3.63) is 36.8 Å². The molecule has 18 heavy (non-hydrogen) atoms. The van der Waals surface area contributed by atoms with Crippen molar-refractivity contribution < 1.29 is 0 Å². The van der Waals surface area contributed by atoms with Gasteiger partial charge < -0.3 is 9.88 Å². The van der Waals surface area contributed by atoms with E-state index in [9.17, 15) is 0 Å². The lowest BCUT2D eigenvalue weighted by atomic mass is 9.99. The number of aromatic nitrogens is 3. The molecular formula is C14H18N4. The third-order valence-corrected chi connectivity index (χ3v) is 3.51. The summed E-state index contributed by atoms with van der Waals surface area (Å²) in [7, 11) is 0. The van der Waals surface area contributed by atoms with Crippen LogP contribution in [0.25, 0.3) is 11.2 Å². The molecule has 1 unspecified atom stereocenters. The normalized spacial score (nSPS) is 20.1. The second-order valence-electron chi connectivity index (χ2n) is 4.76. The van der Waals surface area contributed by atoms with Gasteiger partial charge in [-0.2, -0.15) is 0 Å². The van der Waals surface area contributed by atoms with Gasteiger partial charge >= 0.3 is 0 Å². The summed E-state index contributed by atoms with van der Waals surface area (Å²) in [6.45, 7) is 6.75. The molecule has 1 aliphatic rings. The van der Waals surface area contributed by atoms with Crippen molar-refractivity contribution in [3.8, 4) is 0 Å². The van der Waals surface area contributed by atoms with E-state index in [0.717, 1.165) is 36.6 Å². The largest absolute Gasteiger partial charge is 0.316 e. The van der Waals surface area contributed by atoms with Gasteiger partial charge in [-0.15, -0.1) is 6.58 Å². The molecule has 2 aromatic heterocycles. The molecule has 0 radical (unpaired) electrons. The summed E-state index contributed by atoms with van der Waals surface area (Å²) in [6.07, 6.45) is 6.16. The molecule has 2 aromatic rings. The Morgan fingerprint density at radius 3 is 3.28 bits per heavy atom. The summed E-state index contributed by atoms with van der Waals surface area (Å²) in [5.74, 6) is 1.64. The average Bonchev–Trinajstić information content (AvgIpc) is 2.80. The predicted octanol–water partition coefficient (Wildman–Crippen LogP) is 2.08. The molecule has 1 atom stereocenters. The number of piperidine rings is 1. The van der Waals surface area contributed by atoms with E-state index in [4.69, 9.17) is 4.98 Å². The zero-order valence-electron chi connectivity index (χ0n) is 10.5. The van der Waals surface area contributed by atoms with Crippen LogP contribution < -0.4 is 5.32 Å². The molecular weight excluding hydrogens is 224 g/mol. The Morgan fingerprint density at radius 2 is 2.50 bits per heavy atom. The van der Waals surface area contributed by atoms with Crippen LogP contribution in [-0.2, 0) is 6.54 Å². The number of rotatable bonds is 3. The number of hydrogen-bond acceptors (Lipinski definition) is 3. The van der Waals surface area contributed by atoms with Gasteiger partial charge in [0.15, 0.2) is 5.65 Å². The molecule has 0 saturated carbocycles. The molecule has 1 aliphatic heterocycles. The first-order valence-electron chi connectivity index (χ1n) is 6.53. The third-order valence-electron chi connectivity index (χ3n) is 3.51. The second-order valence-corrected chi connectivity index (χ2v) is 4.76. The van der Waals surface area contributed by atoms with Crippen LogP contribution in [-0.4, -0.2) is 27.6 Å². The fraction of sp³-hybridized carbons (Fsp3) is 0.429. The van der Waals surface area contributed by atoms with Crippen LogP contribution in [0.3, 0.4) is 0 Å². The van der Waals surface area contributed by atoms with Crippen molar-refractivity contribution >= 4 is 11.2 Å². The van der Waals surface area contributed by atoms with Crippen molar-refractivity contribution in [3.63, 3.8) is 0 Å². The van der Waals surface area contributed by atoms with E-state index >= 15 is 0 Å². The second kappa shape index (κ2) is 4.90. The monoisotopic (exact) mass is 242 g/mol. The lowest BCUT2D eigenvalue weighted by Crippen LogP contribution is -2.30. The summed E-state index contributed by atoms with van der Waals surface area (Å²) >= 11 is 0. The van der Waals surface area contributed by atoms with Crippen molar-refractivity contribution in [2.75, 3.05) is 13.1 Å². The smallest absolute Gasteiger partial charge is 0.160 e. The maximum absolute atomic E-state index is 4.77. The number of pyridine rings is 1. The number of nitrogens with one attached hydrogen (secondary N) is 1. The van der Waals surface area contributed by atoms with Crippen LogP contribution in [0, 0.1) is 0 Å². The Balaban J connectivity index is 2.08. The Morgan fingerprint density at radius 1 is 1.56 bits per heavy atom. The zero-order chi connectivity index (χ0) is 12.4. The Bertz CT molecular complexity index is 552. The van der Waals surface area contributed by atoms with E-state index in [-0.39, 0.29) is 0 Å². The highest BCUT2D eigenvalue weighted by molar-refractivity contribution is 5.71. The molecule has 0 spiro atoms. The summed E-state index contributed by atoms with van der Waals surface area (Å²) in [6, 6.07) is 3.97. The quantitative estimate of drug-likeness (QED) is 0.838. The summed E-state index contributed by atoms with van der Waals surface area (Å²) in [5.41, 5.74) is 1.96. The average molecular weight is 242 g/mol. The first kappa shape index (κ1) is 11.4. The standard InChI is InChI=1S/C14H18N4/c1-2-9-18-13(11-5-3-7-15-10-11)17-12-6-4-8-16-14(12)18/h2,4,6,8,11,15H,1,3,5,7,9-10H2. The van der Waals surface area contributed by atoms with E-state index in [1.165, 1.54) is 12.8 Å². The van der Waals surface area contributed by atoms with Gasteiger partial charge in [0, 0.05) is 25.2 Å². The van der Waals surface area contributed by atoms with Gasteiger partial charge in [0.25, 0.3) is 0 Å². The highest BCUT2D eigenvalue weighted by atomic mass is 15.1. The van der Waals surface area contributed by atoms with Crippen molar-refractivity contribution in [1.29, 1.82) is 0 Å². The van der Waals surface area contributed by atoms with E-state index in [1.54, 1.807) is 0 Å². The van der Waals surface area contributed by atoms with Crippen LogP contribution in [0.15, 0.2) is 31.0 Å². The molecule has 3 heterocycles. The van der Waals surface area contributed by atoms with E-state index in [2.05, 4.69) is 21.4 Å². The van der Waals surface area contributed by atoms with E-state index in [0.29, 0.717) is 5.92 Å². The first-order chi connectivity index (χ1) is 8.90. The fourth-order valence-corrected chi connectivity index (χ4v) is 2.67. The molecule has 0 aliphatic carbocycles. The summed E-state index contributed by atoms with van der Waals surface area (Å²) in [5, 5.41) is 3.45. The highest BCUT2D eigenvalue weighted by Crippen LogP contribution is 2.25. The topological polar surface area (TPSA) is 42.7 Å². The predicted molar refractivity (Wildman–Crippen MR) is 72.6 cm³/mol. The molecule has 0 bridgehead atoms. The number of allylic oxidation sites excluding steroid dienone is 1. The number of fused-ring (bicyclic) bond motifs is 1. The summed E-state index contributed by atoms with van der Waals surface area (Å²) < 4.78 is 2.19. The molecule has 1 saturated heterocycles. The van der Waals surface area contributed by atoms with Crippen molar-refractivity contribution in [2.45, 2.75) is 25.3 Å². The first-order valence-corrected chi connectivity index (χ1v) is 6.53. The molecule has 4 nitrogen and oxygen atoms in total. The molecule has 0 aromatic carbocycles. The minimum Gasteiger partial charge on any atom is -0.316 e. The van der Waals surface area contributed by atoms with Crippen LogP contribution >= 0.6 is 0 Å². The Kier molecular flexibility index (Phi) is 3.11. The van der Waals surface area contributed by atoms with Crippen molar-refractivity contribution in [2.24, 2.45) is 0 Å². The fourth-order valence-electron chi connectivity index (χ4n) is 2.67. The van der Waals surface area contributed by atoms with Crippen LogP contribution in [0.5, 0.6) is 0 Å². The van der Waals surface area contributed by atoms with Gasteiger partial charge in [0.2, 0.25) is 0 Å². The lowest BCUT2D eigenvalue weighted by molar-refractivity contribution is 0.437. The Hall–Kier alpha value is -1.68. The maximum Gasteiger partial charge on any atom is 0.160 e. The van der Waals surface area contributed by atoms with Gasteiger partial charge in [-0.1, -0.05) is 6.08 Å². The zero-order valence-corrected chi connectivity index (χ0v) is 10.5. The van der Waals surface area contributed by atoms with Gasteiger partial charge in [0.05, 0.1) is 0 Å². The molecule has 1 fully saturated rings. The summed E-state index contributed by atoms with van der Waals surface area (Å²) in [4.78, 5) is 9.22. The van der Waals surface area contributed by atoms with Crippen molar-refractivity contribution in [1.82, 2.24) is 19.9 Å². The number of imidazole rings is 1. The van der Waals surface area contributed by atoms with Gasteiger partial charge in [-0.25, -0.2) is 9.97 Å². The maximum atomic E-state index is 4.77. The van der Waals surface area contributed by atoms with Crippen LogP contribution in [0.4, 0.5) is 0 Å². The van der Waals surface area contributed by atoms with Gasteiger partial charge in [-0.3, -0.25) is 0 Å². The number of nitrogens with zero attached hydrogens (tertiary/aromatic N) is 3. The molecule has 94 valence electrons.